The smallest absolute Gasteiger partial charge is 0.434 e. The minimum Gasteiger partial charge on any atom is -0.442 e. The van der Waals surface area contributed by atoms with Crippen LogP contribution in [0.4, 0.5) is 4.79 Å². The van der Waals surface area contributed by atoms with Gasteiger partial charge in [0.1, 0.15) is 5.60 Å². The van der Waals surface area contributed by atoms with E-state index in [4.69, 9.17) is 0 Å². The zero-order chi connectivity index (χ0) is 7.49. The zero-order valence-corrected chi connectivity index (χ0v) is 5.84. The van der Waals surface area contributed by atoms with Crippen molar-refractivity contribution in [1.82, 2.24) is 0 Å². The molecule has 0 fully saturated rings. The molecule has 0 aromatic rings. The Morgan fingerprint density at radius 3 is 2.11 bits per heavy atom. The normalized spacial score (nSPS) is 10.6. The summed E-state index contributed by atoms with van der Waals surface area (Å²) in [6, 6.07) is 0. The van der Waals surface area contributed by atoms with Crippen molar-refractivity contribution in [2.45, 2.75) is 26.4 Å². The highest BCUT2D eigenvalue weighted by molar-refractivity contribution is 5.73. The summed E-state index contributed by atoms with van der Waals surface area (Å²) >= 11 is 0. The lowest BCUT2D eigenvalue weighted by molar-refractivity contribution is 0.0606. The molecule has 3 nitrogen and oxygen atoms in total. The van der Waals surface area contributed by atoms with Gasteiger partial charge in [-0.15, -0.1) is 0 Å². The quantitative estimate of drug-likeness (QED) is 0.464. The number of amides is 1. The van der Waals surface area contributed by atoms with Gasteiger partial charge in [-0.25, -0.2) is 4.79 Å². The largest absolute Gasteiger partial charge is 0.442 e. The molecule has 0 atom stereocenters. The summed E-state index contributed by atoms with van der Waals surface area (Å²) < 4.78 is 4.66. The van der Waals surface area contributed by atoms with E-state index < -0.39 is 11.7 Å². The maximum atomic E-state index is 10.3. The van der Waals surface area contributed by atoms with Crippen molar-refractivity contribution in [2.75, 3.05) is 0 Å². The van der Waals surface area contributed by atoms with Gasteiger partial charge in [0.05, 0.1) is 6.72 Å². The summed E-state index contributed by atoms with van der Waals surface area (Å²) in [5, 5.41) is 0. The highest BCUT2D eigenvalue weighted by Crippen LogP contribution is 2.07. The van der Waals surface area contributed by atoms with E-state index in [0.29, 0.717) is 0 Å². The van der Waals surface area contributed by atoms with Crippen molar-refractivity contribution >= 4 is 12.8 Å². The van der Waals surface area contributed by atoms with Gasteiger partial charge in [-0.05, 0) is 20.8 Å². The predicted octanol–water partition coefficient (Wildman–Crippen LogP) is 1.50. The molecule has 0 N–H and O–H groups in total. The van der Waals surface area contributed by atoms with Crippen molar-refractivity contribution < 1.29 is 9.53 Å². The Labute approximate surface area is 54.7 Å². The molecule has 0 unspecified atom stereocenters. The molecule has 51 valence electrons. The van der Waals surface area contributed by atoms with Gasteiger partial charge in [0.15, 0.2) is 0 Å². The maximum absolute atomic E-state index is 10.3. The number of nitrogens with zero attached hydrogens (tertiary/aromatic N) is 1. The van der Waals surface area contributed by atoms with Crippen LogP contribution in [-0.4, -0.2) is 18.4 Å². The fourth-order valence-electron chi connectivity index (χ4n) is 0.288. The van der Waals surface area contributed by atoms with Crippen LogP contribution < -0.4 is 0 Å². The van der Waals surface area contributed by atoms with Gasteiger partial charge in [-0.1, -0.05) is 0 Å². The molecule has 3 heteroatoms. The van der Waals surface area contributed by atoms with Crippen LogP contribution in [0.2, 0.25) is 0 Å². The summed E-state index contributed by atoms with van der Waals surface area (Å²) in [6.07, 6.45) is -0.734. The van der Waals surface area contributed by atoms with Gasteiger partial charge in [-0.3, -0.25) is 0 Å². The van der Waals surface area contributed by atoms with Crippen LogP contribution in [-0.2, 0) is 4.74 Å². The number of carbonyl (C=O) groups excluding carboxylic acids is 1. The van der Waals surface area contributed by atoms with Crippen LogP contribution in [0.15, 0.2) is 4.99 Å². The van der Waals surface area contributed by atoms with E-state index in [9.17, 15) is 4.79 Å². The molecule has 0 rings (SSSR count). The molecule has 1 amide bonds. The monoisotopic (exact) mass is 128 g/mol. The molecule has 0 aliphatic heterocycles. The molecular weight excluding hydrogens is 118 g/mol. The third-order valence-electron chi connectivity index (χ3n) is 0.499. The van der Waals surface area contributed by atoms with Gasteiger partial charge >= 0.3 is 6.09 Å². The number of carbonyl (C=O) groups is 1. The molecule has 0 saturated carbocycles. The van der Waals surface area contributed by atoms with Crippen molar-refractivity contribution in [3.8, 4) is 0 Å². The average molecular weight is 128 g/mol. The molecule has 0 aromatic heterocycles. The molecule has 0 aromatic carbocycles. The Morgan fingerprint density at radius 2 is 2.00 bits per heavy atom. The van der Waals surface area contributed by atoms with E-state index in [1.807, 2.05) is 0 Å². The van der Waals surface area contributed by atoms with E-state index >= 15 is 0 Å². The number of hydrogen-bond acceptors (Lipinski definition) is 2. The maximum Gasteiger partial charge on any atom is 0.434 e. The first-order chi connectivity index (χ1) is 3.95. The Kier molecular flexibility index (Phi) is 2.37. The molecule has 0 heterocycles. The van der Waals surface area contributed by atoms with Crippen LogP contribution in [0.25, 0.3) is 0 Å². The van der Waals surface area contributed by atoms with E-state index in [1.165, 1.54) is 0 Å². The second kappa shape index (κ2) is 2.62. The van der Waals surface area contributed by atoms with Crippen LogP contribution >= 0.6 is 0 Å². The summed E-state index contributed by atoms with van der Waals surface area (Å²) in [5.41, 5.74) is -0.500. The first-order valence-electron chi connectivity index (χ1n) is 2.59. The highest BCUT2D eigenvalue weighted by atomic mass is 16.6. The van der Waals surface area contributed by atoms with Crippen molar-refractivity contribution in [2.24, 2.45) is 4.99 Å². The van der Waals surface area contributed by atoms with Crippen molar-refractivity contribution in [3.63, 3.8) is 0 Å². The third kappa shape index (κ3) is 5.00. The topological polar surface area (TPSA) is 38.7 Å². The number of rotatable bonds is 0. The number of ether oxygens (including phenoxy) is 1. The summed E-state index contributed by atoms with van der Waals surface area (Å²) in [5.74, 6) is 0. The standard InChI is InChI=1S/C6H10NO2/c1-6(2,3)9-5(8)7-4/h4H,1-3H3. The van der Waals surface area contributed by atoms with E-state index in [2.05, 4.69) is 16.4 Å². The second-order valence-electron chi connectivity index (χ2n) is 2.61. The third-order valence-corrected chi connectivity index (χ3v) is 0.499. The summed E-state index contributed by atoms with van der Waals surface area (Å²) in [7, 11) is 0. The number of aliphatic imine (C=N–C) groups is 1. The Hall–Kier alpha value is -0.860. The van der Waals surface area contributed by atoms with Crippen molar-refractivity contribution in [1.29, 1.82) is 0 Å². The number of hydrogen-bond donors (Lipinski definition) is 0. The lowest BCUT2D eigenvalue weighted by Gasteiger charge is -2.16. The molecule has 0 spiro atoms. The average Bonchev–Trinajstić information content (AvgIpc) is 1.62. The summed E-state index contributed by atoms with van der Waals surface area (Å²) in [6.45, 7) is 9.87. The van der Waals surface area contributed by atoms with E-state index in [0.717, 1.165) is 0 Å². The zero-order valence-electron chi connectivity index (χ0n) is 5.84. The SMILES string of the molecule is [CH]=NC(=O)OC(C)(C)C. The Bertz CT molecular complexity index is 124. The van der Waals surface area contributed by atoms with Gasteiger partial charge in [0.25, 0.3) is 0 Å². The van der Waals surface area contributed by atoms with Crippen LogP contribution in [0.5, 0.6) is 0 Å². The van der Waals surface area contributed by atoms with Crippen LogP contribution in [0.3, 0.4) is 0 Å². The second-order valence-corrected chi connectivity index (χ2v) is 2.61. The minimum absolute atomic E-state index is 0.500. The lowest BCUT2D eigenvalue weighted by atomic mass is 10.2. The molecule has 9 heavy (non-hydrogen) atoms. The first-order valence-corrected chi connectivity index (χ1v) is 2.59. The van der Waals surface area contributed by atoms with Gasteiger partial charge in [0, 0.05) is 0 Å². The predicted molar refractivity (Wildman–Crippen MR) is 34.7 cm³/mol. The van der Waals surface area contributed by atoms with Crippen LogP contribution in [0, 0.1) is 0 Å². The van der Waals surface area contributed by atoms with Gasteiger partial charge < -0.3 is 4.74 Å². The Balaban J connectivity index is 3.74. The lowest BCUT2D eigenvalue weighted by Crippen LogP contribution is -2.21. The molecule has 0 saturated heterocycles. The molecule has 0 aliphatic carbocycles. The van der Waals surface area contributed by atoms with E-state index in [-0.39, 0.29) is 0 Å². The molecule has 0 aliphatic rings. The van der Waals surface area contributed by atoms with Crippen LogP contribution in [0.1, 0.15) is 20.8 Å². The fourth-order valence-corrected chi connectivity index (χ4v) is 0.288. The minimum atomic E-state index is -0.734. The van der Waals surface area contributed by atoms with Gasteiger partial charge in [-0.2, -0.15) is 4.99 Å². The first kappa shape index (κ1) is 8.14. The Morgan fingerprint density at radius 1 is 1.56 bits per heavy atom. The van der Waals surface area contributed by atoms with E-state index in [1.54, 1.807) is 20.8 Å². The molecule has 1 radical (unpaired) electrons. The van der Waals surface area contributed by atoms with Crippen molar-refractivity contribution in [3.05, 3.63) is 0 Å². The fraction of sp³-hybridized carbons (Fsp3) is 0.667. The highest BCUT2D eigenvalue weighted by Gasteiger charge is 2.14. The summed E-state index contributed by atoms with van der Waals surface area (Å²) in [4.78, 5) is 13.1. The molecular formula is C6H10NO2. The molecule has 0 bridgehead atoms. The van der Waals surface area contributed by atoms with Gasteiger partial charge in [0.2, 0.25) is 0 Å².